The van der Waals surface area contributed by atoms with Gasteiger partial charge in [0.15, 0.2) is 11.9 Å². The van der Waals surface area contributed by atoms with E-state index in [0.717, 1.165) is 40.5 Å². The van der Waals surface area contributed by atoms with Gasteiger partial charge >= 0.3 is 0 Å². The van der Waals surface area contributed by atoms with E-state index in [0.29, 0.717) is 16.7 Å². The second kappa shape index (κ2) is 10.6. The van der Waals surface area contributed by atoms with Crippen LogP contribution in [0, 0.1) is 0 Å². The molecule has 0 saturated carbocycles. The Hall–Kier alpha value is -3.58. The van der Waals surface area contributed by atoms with Crippen molar-refractivity contribution in [2.75, 3.05) is 11.1 Å². The highest BCUT2D eigenvalue weighted by molar-refractivity contribution is 7.99. The second-order valence-electron chi connectivity index (χ2n) is 7.98. The highest BCUT2D eigenvalue weighted by Crippen LogP contribution is 2.40. The number of fused-ring (bicyclic) bond motifs is 3. The molecule has 0 spiro atoms. The van der Waals surface area contributed by atoms with Crippen molar-refractivity contribution < 1.29 is 9.47 Å². The van der Waals surface area contributed by atoms with Crippen LogP contribution in [-0.2, 0) is 0 Å². The van der Waals surface area contributed by atoms with Crippen molar-refractivity contribution in [2.24, 2.45) is 0 Å². The molecule has 1 unspecified atom stereocenters. The number of nitrogens with one attached hydrogen (secondary N) is 1. The van der Waals surface area contributed by atoms with Gasteiger partial charge in [-0.3, -0.25) is 0 Å². The number of hydrogen-bond acceptors (Lipinski definition) is 7. The minimum absolute atomic E-state index is 0.462. The molecule has 1 aromatic heterocycles. The summed E-state index contributed by atoms with van der Waals surface area (Å²) in [7, 11) is 0. The number of hydrogen-bond donors (Lipinski definition) is 1. The Kier molecular flexibility index (Phi) is 6.91. The van der Waals surface area contributed by atoms with Gasteiger partial charge in [0.05, 0.1) is 0 Å². The van der Waals surface area contributed by atoms with E-state index in [1.165, 1.54) is 12.8 Å². The van der Waals surface area contributed by atoms with E-state index in [4.69, 9.17) is 14.5 Å². The number of anilines is 1. The molecule has 2 heterocycles. The van der Waals surface area contributed by atoms with E-state index in [9.17, 15) is 0 Å². The summed E-state index contributed by atoms with van der Waals surface area (Å²) in [5, 5.41) is 13.0. The van der Waals surface area contributed by atoms with Crippen LogP contribution in [0.5, 0.6) is 17.4 Å². The molecule has 172 valence electrons. The van der Waals surface area contributed by atoms with Gasteiger partial charge in [-0.25, -0.2) is 0 Å². The van der Waals surface area contributed by atoms with Crippen LogP contribution in [0.3, 0.4) is 0 Å². The summed E-state index contributed by atoms with van der Waals surface area (Å²) < 4.78 is 12.4. The molecule has 0 saturated heterocycles. The highest BCUT2D eigenvalue weighted by atomic mass is 32.2. The maximum Gasteiger partial charge on any atom is 0.247 e. The topological polar surface area (TPSA) is 69.2 Å². The summed E-state index contributed by atoms with van der Waals surface area (Å²) in [5.74, 6) is 2.96. The predicted molar refractivity (Wildman–Crippen MR) is 135 cm³/mol. The number of nitrogens with zero attached hydrogens (tertiary/aromatic N) is 3. The van der Waals surface area contributed by atoms with Crippen molar-refractivity contribution in [3.05, 3.63) is 84.4 Å². The fraction of sp³-hybridized carbons (Fsp3) is 0.222. The fourth-order valence-electron chi connectivity index (χ4n) is 3.74. The molecule has 1 aliphatic heterocycles. The lowest BCUT2D eigenvalue weighted by Crippen LogP contribution is -2.17. The third-order valence-electron chi connectivity index (χ3n) is 5.45. The van der Waals surface area contributed by atoms with Crippen molar-refractivity contribution in [1.82, 2.24) is 15.2 Å². The van der Waals surface area contributed by atoms with Crippen molar-refractivity contribution in [1.29, 1.82) is 0 Å². The zero-order valence-corrected chi connectivity index (χ0v) is 19.8. The molecule has 3 aromatic carbocycles. The maximum absolute atomic E-state index is 6.41. The van der Waals surface area contributed by atoms with Gasteiger partial charge in [0, 0.05) is 22.6 Å². The van der Waals surface area contributed by atoms with Crippen LogP contribution in [0.25, 0.3) is 11.3 Å². The third kappa shape index (κ3) is 5.15. The molecule has 1 N–H and O–H groups in total. The lowest BCUT2D eigenvalue weighted by molar-refractivity contribution is 0.225. The zero-order valence-electron chi connectivity index (χ0n) is 19.0. The number of rotatable bonds is 8. The van der Waals surface area contributed by atoms with Gasteiger partial charge in [-0.05, 0) is 36.8 Å². The lowest BCUT2D eigenvalue weighted by Gasteiger charge is -2.20. The van der Waals surface area contributed by atoms with Crippen LogP contribution < -0.4 is 14.8 Å². The molecule has 1 atom stereocenters. The van der Waals surface area contributed by atoms with E-state index in [2.05, 4.69) is 22.4 Å². The summed E-state index contributed by atoms with van der Waals surface area (Å²) in [6.45, 7) is 2.20. The van der Waals surface area contributed by atoms with Gasteiger partial charge in [-0.1, -0.05) is 80.1 Å². The molecule has 4 aromatic rings. The number of benzene rings is 3. The molecule has 0 radical (unpaired) electrons. The summed E-state index contributed by atoms with van der Waals surface area (Å²) in [4.78, 5) is 4.73. The van der Waals surface area contributed by atoms with Gasteiger partial charge < -0.3 is 14.8 Å². The van der Waals surface area contributed by atoms with Gasteiger partial charge in [-0.2, -0.15) is 4.98 Å². The Bertz CT molecular complexity index is 1250. The first-order chi connectivity index (χ1) is 16.8. The summed E-state index contributed by atoms with van der Waals surface area (Å²) in [6.07, 6.45) is 3.05. The average molecular weight is 471 g/mol. The van der Waals surface area contributed by atoms with Gasteiger partial charge in [0.2, 0.25) is 11.0 Å². The van der Waals surface area contributed by atoms with E-state index < -0.39 is 6.23 Å². The van der Waals surface area contributed by atoms with E-state index in [-0.39, 0.29) is 0 Å². The van der Waals surface area contributed by atoms with Crippen LogP contribution in [0.1, 0.15) is 38.0 Å². The van der Waals surface area contributed by atoms with Crippen molar-refractivity contribution in [3.8, 4) is 28.6 Å². The summed E-state index contributed by atoms with van der Waals surface area (Å²) in [5.41, 5.74) is 3.39. The Morgan fingerprint density at radius 2 is 1.74 bits per heavy atom. The summed E-state index contributed by atoms with van der Waals surface area (Å²) >= 11 is 1.62. The minimum Gasteiger partial charge on any atom is -0.457 e. The van der Waals surface area contributed by atoms with Crippen LogP contribution in [0.2, 0.25) is 0 Å². The van der Waals surface area contributed by atoms with E-state index in [1.54, 1.807) is 11.8 Å². The second-order valence-corrected chi connectivity index (χ2v) is 9.04. The SMILES string of the molecule is CCCCCSc1nnc2c(n1)OC(c1cccc(Oc3ccccc3)c1)Nc1ccccc1-2. The molecule has 0 fully saturated rings. The Morgan fingerprint density at radius 1 is 0.912 bits per heavy atom. The Labute approximate surface area is 203 Å². The quantitative estimate of drug-likeness (QED) is 0.217. The lowest BCUT2D eigenvalue weighted by atomic mass is 10.1. The highest BCUT2D eigenvalue weighted by Gasteiger charge is 2.26. The largest absolute Gasteiger partial charge is 0.457 e. The van der Waals surface area contributed by atoms with Crippen LogP contribution in [-0.4, -0.2) is 20.9 Å². The predicted octanol–water partition coefficient (Wildman–Crippen LogP) is 7.12. The summed E-state index contributed by atoms with van der Waals surface area (Å²) in [6, 6.07) is 25.6. The zero-order chi connectivity index (χ0) is 23.2. The molecule has 0 aliphatic carbocycles. The van der Waals surface area contributed by atoms with Crippen LogP contribution in [0.15, 0.2) is 84.0 Å². The van der Waals surface area contributed by atoms with E-state index >= 15 is 0 Å². The third-order valence-corrected chi connectivity index (χ3v) is 6.38. The van der Waals surface area contributed by atoms with E-state index in [1.807, 2.05) is 78.9 Å². The maximum atomic E-state index is 6.41. The molecular weight excluding hydrogens is 444 g/mol. The first kappa shape index (κ1) is 22.2. The number of thioether (sulfide) groups is 1. The molecule has 0 bridgehead atoms. The molecule has 0 amide bonds. The molecule has 1 aliphatic rings. The molecular formula is C27H26N4O2S. The minimum atomic E-state index is -0.462. The Morgan fingerprint density at radius 3 is 2.62 bits per heavy atom. The molecule has 34 heavy (non-hydrogen) atoms. The standard InChI is InChI=1S/C27H26N4O2S/c1-2-3-9-17-34-27-29-26-24(30-31-27)22-15-7-8-16-23(22)28-25(33-26)19-11-10-14-21(18-19)32-20-12-5-4-6-13-20/h4-8,10-16,18,25,28H,2-3,9,17H2,1H3. The van der Waals surface area contributed by atoms with Gasteiger partial charge in [0.25, 0.3) is 0 Å². The van der Waals surface area contributed by atoms with Crippen molar-refractivity contribution >= 4 is 17.4 Å². The van der Waals surface area contributed by atoms with Crippen LogP contribution in [0.4, 0.5) is 5.69 Å². The van der Waals surface area contributed by atoms with Gasteiger partial charge in [-0.15, -0.1) is 10.2 Å². The fourth-order valence-corrected chi connectivity index (χ4v) is 4.52. The van der Waals surface area contributed by atoms with Gasteiger partial charge in [0.1, 0.15) is 11.5 Å². The Balaban J connectivity index is 1.45. The number of unbranched alkanes of at least 4 members (excludes halogenated alkanes) is 2. The smallest absolute Gasteiger partial charge is 0.247 e. The van der Waals surface area contributed by atoms with Crippen molar-refractivity contribution in [3.63, 3.8) is 0 Å². The first-order valence-corrected chi connectivity index (χ1v) is 12.5. The van der Waals surface area contributed by atoms with Crippen LogP contribution >= 0.6 is 11.8 Å². The van der Waals surface area contributed by atoms with Crippen molar-refractivity contribution in [2.45, 2.75) is 37.6 Å². The number of aromatic nitrogens is 3. The monoisotopic (exact) mass is 470 g/mol. The number of ether oxygens (including phenoxy) is 2. The number of para-hydroxylation sites is 2. The molecule has 7 heteroatoms. The average Bonchev–Trinajstić information content (AvgIpc) is 3.04. The first-order valence-electron chi connectivity index (χ1n) is 11.5. The molecule has 6 nitrogen and oxygen atoms in total. The molecule has 5 rings (SSSR count). The normalized spacial score (nSPS) is 14.2.